The highest BCUT2D eigenvalue weighted by Gasteiger charge is 2.19. The Morgan fingerprint density at radius 1 is 0.328 bits per heavy atom. The Bertz CT molecular complexity index is 4170. The van der Waals surface area contributed by atoms with Crippen LogP contribution in [-0.4, -0.2) is 19.9 Å². The van der Waals surface area contributed by atoms with Gasteiger partial charge in [0.05, 0.1) is 17.1 Å². The van der Waals surface area contributed by atoms with Gasteiger partial charge in [0, 0.05) is 50.0 Å². The summed E-state index contributed by atoms with van der Waals surface area (Å²) >= 11 is 0. The van der Waals surface area contributed by atoms with Gasteiger partial charge in [0.25, 0.3) is 0 Å². The predicted molar refractivity (Wildman–Crippen MR) is 272 cm³/mol. The van der Waals surface area contributed by atoms with Crippen molar-refractivity contribution in [2.45, 2.75) is 0 Å². The average Bonchev–Trinajstić information content (AvgIpc) is 3.78. The number of furan rings is 1. The van der Waals surface area contributed by atoms with E-state index >= 15 is 0 Å². The second-order valence-electron chi connectivity index (χ2n) is 16.8. The second kappa shape index (κ2) is 15.4. The zero-order chi connectivity index (χ0) is 44.4. The van der Waals surface area contributed by atoms with Gasteiger partial charge < -0.3 is 4.42 Å². The highest BCUT2D eigenvalue weighted by Crippen LogP contribution is 2.43. The lowest BCUT2D eigenvalue weighted by Crippen LogP contribution is -2.00. The minimum atomic E-state index is 0.564. The number of pyridine rings is 1. The van der Waals surface area contributed by atoms with Crippen molar-refractivity contribution >= 4 is 65.2 Å². The van der Waals surface area contributed by atoms with Crippen LogP contribution in [0.25, 0.3) is 133 Å². The molecule has 13 aromatic rings. The third kappa shape index (κ3) is 6.41. The molecule has 3 aromatic heterocycles. The number of hydrogen-bond donors (Lipinski definition) is 0. The van der Waals surface area contributed by atoms with Crippen molar-refractivity contribution in [1.82, 2.24) is 19.9 Å². The van der Waals surface area contributed by atoms with Crippen LogP contribution in [0, 0.1) is 11.3 Å². The van der Waals surface area contributed by atoms with Crippen molar-refractivity contribution in [2.75, 3.05) is 0 Å². The van der Waals surface area contributed by atoms with E-state index in [4.69, 9.17) is 24.4 Å². The predicted octanol–water partition coefficient (Wildman–Crippen LogP) is 15.7. The Balaban J connectivity index is 0.939. The van der Waals surface area contributed by atoms with Crippen molar-refractivity contribution < 1.29 is 4.42 Å². The maximum atomic E-state index is 9.77. The fourth-order valence-electron chi connectivity index (χ4n) is 9.80. The van der Waals surface area contributed by atoms with Gasteiger partial charge in [-0.1, -0.05) is 158 Å². The van der Waals surface area contributed by atoms with Crippen LogP contribution in [0.1, 0.15) is 5.56 Å². The molecule has 0 aliphatic carbocycles. The third-order valence-corrected chi connectivity index (χ3v) is 13.0. The number of fused-ring (bicyclic) bond motifs is 9. The summed E-state index contributed by atoms with van der Waals surface area (Å²) in [5, 5.41) is 19.6. The molecule has 67 heavy (non-hydrogen) atoms. The van der Waals surface area contributed by atoms with Gasteiger partial charge in [-0.05, 0) is 103 Å². The Hall–Kier alpha value is -9.31. The topological polar surface area (TPSA) is 88.5 Å². The monoisotopic (exact) mass is 853 g/mol. The van der Waals surface area contributed by atoms with Crippen molar-refractivity contribution in [1.29, 1.82) is 5.26 Å². The lowest BCUT2D eigenvalue weighted by molar-refractivity contribution is 0.669. The average molecular weight is 854 g/mol. The fourth-order valence-corrected chi connectivity index (χ4v) is 9.80. The van der Waals surface area contributed by atoms with E-state index in [0.29, 0.717) is 23.0 Å². The minimum Gasteiger partial charge on any atom is -0.456 e. The van der Waals surface area contributed by atoms with Crippen molar-refractivity contribution in [3.05, 3.63) is 218 Å². The van der Waals surface area contributed by atoms with Gasteiger partial charge in [0.2, 0.25) is 0 Å². The standard InChI is InChI=1S/C61H35N5O/c62-36-43-28-29-45(46-17-5-4-16-44(43)46)37-23-25-38(26-24-37)52-34-55-51-21-11-31-63-58(51)53(35-54(55)48-19-7-6-18-47(48)52)40-14-10-15-41(32-40)60-64-59(39-12-2-1-3-13-39)65-61(66-60)42-27-30-50-49-20-8-9-22-56(49)67-57(50)33-42/h1-35H. The van der Waals surface area contributed by atoms with E-state index in [1.54, 1.807) is 0 Å². The van der Waals surface area contributed by atoms with E-state index in [9.17, 15) is 5.26 Å². The normalized spacial score (nSPS) is 11.6. The van der Waals surface area contributed by atoms with Crippen LogP contribution in [-0.2, 0) is 0 Å². The number of aromatic nitrogens is 4. The largest absolute Gasteiger partial charge is 0.456 e. The maximum Gasteiger partial charge on any atom is 0.164 e. The molecular weight excluding hydrogens is 819 g/mol. The van der Waals surface area contributed by atoms with E-state index < -0.39 is 0 Å². The van der Waals surface area contributed by atoms with Gasteiger partial charge in [0.15, 0.2) is 17.5 Å². The fraction of sp³-hybridized carbons (Fsp3) is 0. The Morgan fingerprint density at radius 2 is 0.881 bits per heavy atom. The smallest absolute Gasteiger partial charge is 0.164 e. The molecule has 0 fully saturated rings. The lowest BCUT2D eigenvalue weighted by atomic mass is 9.88. The number of benzene rings is 10. The van der Waals surface area contributed by atoms with Crippen LogP contribution in [0.2, 0.25) is 0 Å². The SMILES string of the molecule is N#Cc1ccc(-c2ccc(-c3cc4c5cccnc5c(-c5cccc(-c6nc(-c7ccccc7)nc(-c7ccc8c(c7)oc7ccccc78)n6)c5)cc4c4ccccc34)cc2)c2ccccc12. The molecule has 310 valence electrons. The van der Waals surface area contributed by atoms with Gasteiger partial charge in [-0.3, -0.25) is 4.98 Å². The highest BCUT2D eigenvalue weighted by atomic mass is 16.3. The van der Waals surface area contributed by atoms with Crippen molar-refractivity contribution in [3.8, 4) is 73.6 Å². The van der Waals surface area contributed by atoms with E-state index in [0.717, 1.165) is 110 Å². The molecule has 0 aliphatic heterocycles. The van der Waals surface area contributed by atoms with Crippen LogP contribution in [0.4, 0.5) is 0 Å². The van der Waals surface area contributed by atoms with E-state index in [1.165, 1.54) is 5.39 Å². The Morgan fingerprint density at radius 3 is 1.66 bits per heavy atom. The van der Waals surface area contributed by atoms with E-state index in [1.807, 2.05) is 91.1 Å². The van der Waals surface area contributed by atoms with Gasteiger partial charge in [0.1, 0.15) is 11.2 Å². The lowest BCUT2D eigenvalue weighted by Gasteiger charge is -2.16. The van der Waals surface area contributed by atoms with Crippen LogP contribution in [0.15, 0.2) is 217 Å². The summed E-state index contributed by atoms with van der Waals surface area (Å²) < 4.78 is 6.28. The summed E-state index contributed by atoms with van der Waals surface area (Å²) in [6, 6.07) is 73.5. The second-order valence-corrected chi connectivity index (χ2v) is 16.8. The van der Waals surface area contributed by atoms with Crippen LogP contribution >= 0.6 is 0 Å². The zero-order valence-electron chi connectivity index (χ0n) is 35.9. The molecular formula is C61H35N5O. The zero-order valence-corrected chi connectivity index (χ0v) is 35.9. The summed E-state index contributed by atoms with van der Waals surface area (Å²) in [5.41, 5.74) is 12.3. The Labute approximate surface area is 384 Å². The summed E-state index contributed by atoms with van der Waals surface area (Å²) in [4.78, 5) is 20.3. The molecule has 0 aliphatic rings. The molecule has 0 spiro atoms. The number of nitrogens with zero attached hydrogens (tertiary/aromatic N) is 5. The van der Waals surface area contributed by atoms with Gasteiger partial charge in [-0.25, -0.2) is 15.0 Å². The number of hydrogen-bond acceptors (Lipinski definition) is 6. The third-order valence-electron chi connectivity index (χ3n) is 13.0. The first-order valence-corrected chi connectivity index (χ1v) is 22.2. The number of para-hydroxylation sites is 1. The minimum absolute atomic E-state index is 0.564. The summed E-state index contributed by atoms with van der Waals surface area (Å²) in [5.74, 6) is 1.73. The maximum absolute atomic E-state index is 9.77. The van der Waals surface area contributed by atoms with E-state index in [2.05, 4.69) is 127 Å². The molecule has 0 saturated carbocycles. The molecule has 13 rings (SSSR count). The van der Waals surface area contributed by atoms with Gasteiger partial charge in [-0.15, -0.1) is 0 Å². The van der Waals surface area contributed by atoms with Gasteiger partial charge in [-0.2, -0.15) is 5.26 Å². The summed E-state index contributed by atoms with van der Waals surface area (Å²) in [7, 11) is 0. The summed E-state index contributed by atoms with van der Waals surface area (Å²) in [6.45, 7) is 0. The quantitative estimate of drug-likeness (QED) is 0.155. The molecule has 6 nitrogen and oxygen atoms in total. The number of rotatable bonds is 6. The first-order chi connectivity index (χ1) is 33.1. The molecule has 0 atom stereocenters. The van der Waals surface area contributed by atoms with Crippen molar-refractivity contribution in [3.63, 3.8) is 0 Å². The molecule has 0 amide bonds. The molecule has 10 aromatic carbocycles. The van der Waals surface area contributed by atoms with E-state index in [-0.39, 0.29) is 0 Å². The van der Waals surface area contributed by atoms with Crippen LogP contribution < -0.4 is 0 Å². The van der Waals surface area contributed by atoms with Gasteiger partial charge >= 0.3 is 0 Å². The van der Waals surface area contributed by atoms with Crippen LogP contribution in [0.3, 0.4) is 0 Å². The highest BCUT2D eigenvalue weighted by molar-refractivity contribution is 6.23. The molecule has 0 unspecified atom stereocenters. The molecule has 0 saturated heterocycles. The first kappa shape index (κ1) is 38.2. The first-order valence-electron chi connectivity index (χ1n) is 22.2. The molecule has 6 heteroatoms. The number of nitriles is 1. The molecule has 0 bridgehead atoms. The van der Waals surface area contributed by atoms with Crippen LogP contribution in [0.5, 0.6) is 0 Å². The summed E-state index contributed by atoms with van der Waals surface area (Å²) in [6.07, 6.45) is 1.87. The Kier molecular flexibility index (Phi) is 8.80. The molecule has 3 heterocycles. The molecule has 0 radical (unpaired) electrons. The van der Waals surface area contributed by atoms with Crippen molar-refractivity contribution in [2.24, 2.45) is 0 Å². The molecule has 0 N–H and O–H groups in total.